The Labute approximate surface area is 197 Å². The van der Waals surface area contributed by atoms with Crippen molar-refractivity contribution >= 4 is 29.3 Å². The molecule has 0 N–H and O–H groups in total. The van der Waals surface area contributed by atoms with Gasteiger partial charge in [-0.15, -0.1) is 0 Å². The summed E-state index contributed by atoms with van der Waals surface area (Å²) in [5.41, 5.74) is 0.875. The van der Waals surface area contributed by atoms with Gasteiger partial charge in [-0.2, -0.15) is 0 Å². The maximum absolute atomic E-state index is 12.5. The summed E-state index contributed by atoms with van der Waals surface area (Å²) in [5, 5.41) is 0.647. The highest BCUT2D eigenvalue weighted by molar-refractivity contribution is 6.30. The third kappa shape index (κ3) is 5.76. The molecule has 3 atom stereocenters. The molecule has 0 bridgehead atoms. The van der Waals surface area contributed by atoms with Crippen molar-refractivity contribution in [2.75, 3.05) is 24.6 Å². The Bertz CT molecular complexity index is 781. The number of hydrogen-bond acceptors (Lipinski definition) is 4. The van der Waals surface area contributed by atoms with Gasteiger partial charge < -0.3 is 19.4 Å². The lowest BCUT2D eigenvalue weighted by molar-refractivity contribution is -0.117. The summed E-state index contributed by atoms with van der Waals surface area (Å²) in [6, 6.07) is 8.66. The fourth-order valence-electron chi connectivity index (χ4n) is 5.50. The van der Waals surface area contributed by atoms with Gasteiger partial charge in [0.15, 0.2) is 0 Å². The van der Waals surface area contributed by atoms with Crippen molar-refractivity contribution in [1.82, 2.24) is 9.80 Å². The fourth-order valence-corrected chi connectivity index (χ4v) is 5.69. The summed E-state index contributed by atoms with van der Waals surface area (Å²) in [5.74, 6) is 0.0581. The lowest BCUT2D eigenvalue weighted by Crippen LogP contribution is -2.51. The van der Waals surface area contributed by atoms with Crippen molar-refractivity contribution < 1.29 is 14.3 Å². The summed E-state index contributed by atoms with van der Waals surface area (Å²) in [6.07, 6.45) is 5.81. The van der Waals surface area contributed by atoms with Crippen LogP contribution in [0.4, 0.5) is 10.5 Å². The highest BCUT2D eigenvalue weighted by atomic mass is 35.5. The number of piperidine rings is 1. The molecule has 2 fully saturated rings. The molecule has 2 aliphatic heterocycles. The molecule has 6 nitrogen and oxygen atoms in total. The van der Waals surface area contributed by atoms with Crippen LogP contribution in [0.25, 0.3) is 0 Å². The van der Waals surface area contributed by atoms with Gasteiger partial charge in [0.25, 0.3) is 0 Å². The highest BCUT2D eigenvalue weighted by Crippen LogP contribution is 2.32. The SMILES string of the molecule is CCOC(=O)N1C(C)CCC1CC(CC)N1CCC(N(C(C)=O)c2cccc(Cl)c2)CC1. The molecule has 178 valence electrons. The number of likely N-dealkylation sites (tertiary alicyclic amines) is 2. The Morgan fingerprint density at radius 3 is 2.50 bits per heavy atom. The Balaban J connectivity index is 1.62. The molecule has 2 aliphatic rings. The molecule has 0 spiro atoms. The summed E-state index contributed by atoms with van der Waals surface area (Å²) in [6.45, 7) is 10.2. The van der Waals surface area contributed by atoms with Crippen molar-refractivity contribution in [2.45, 2.75) is 90.4 Å². The van der Waals surface area contributed by atoms with Gasteiger partial charge in [-0.25, -0.2) is 4.79 Å². The molecule has 2 amide bonds. The van der Waals surface area contributed by atoms with Gasteiger partial charge in [0.05, 0.1) is 6.61 Å². The minimum Gasteiger partial charge on any atom is -0.450 e. The van der Waals surface area contributed by atoms with E-state index >= 15 is 0 Å². The van der Waals surface area contributed by atoms with Crippen LogP contribution in [-0.2, 0) is 9.53 Å². The first-order chi connectivity index (χ1) is 15.3. The number of halogens is 1. The van der Waals surface area contributed by atoms with E-state index in [0.717, 1.165) is 57.3 Å². The fraction of sp³-hybridized carbons (Fsp3) is 0.680. The molecule has 1 aromatic carbocycles. The topological polar surface area (TPSA) is 53.1 Å². The van der Waals surface area contributed by atoms with Gasteiger partial charge in [-0.1, -0.05) is 24.6 Å². The van der Waals surface area contributed by atoms with Crippen molar-refractivity contribution in [3.63, 3.8) is 0 Å². The number of nitrogens with zero attached hydrogens (tertiary/aromatic N) is 3. The third-order valence-electron chi connectivity index (χ3n) is 7.09. The molecule has 0 saturated carbocycles. The molecule has 0 aromatic heterocycles. The second-order valence-electron chi connectivity index (χ2n) is 9.12. The third-order valence-corrected chi connectivity index (χ3v) is 7.32. The van der Waals surface area contributed by atoms with Crippen LogP contribution in [0.5, 0.6) is 0 Å². The predicted octanol–water partition coefficient (Wildman–Crippen LogP) is 5.34. The first kappa shape index (κ1) is 24.8. The zero-order valence-corrected chi connectivity index (χ0v) is 20.7. The van der Waals surface area contributed by atoms with Crippen LogP contribution in [0, 0.1) is 0 Å². The minimum atomic E-state index is -0.172. The molecule has 0 radical (unpaired) electrons. The summed E-state index contributed by atoms with van der Waals surface area (Å²) in [7, 11) is 0. The number of anilines is 1. The molecule has 1 aromatic rings. The van der Waals surface area contributed by atoms with Crippen molar-refractivity contribution in [3.05, 3.63) is 29.3 Å². The van der Waals surface area contributed by atoms with Crippen LogP contribution in [0.2, 0.25) is 5.02 Å². The normalized spacial score (nSPS) is 23.2. The van der Waals surface area contributed by atoms with Crippen LogP contribution < -0.4 is 4.90 Å². The van der Waals surface area contributed by atoms with Crippen molar-refractivity contribution in [1.29, 1.82) is 0 Å². The maximum atomic E-state index is 12.5. The van der Waals surface area contributed by atoms with Crippen LogP contribution >= 0.6 is 11.6 Å². The molecule has 2 heterocycles. The summed E-state index contributed by atoms with van der Waals surface area (Å²) in [4.78, 5) is 31.4. The van der Waals surface area contributed by atoms with E-state index in [1.165, 1.54) is 0 Å². The number of amides is 2. The molecule has 32 heavy (non-hydrogen) atoms. The summed E-state index contributed by atoms with van der Waals surface area (Å²) >= 11 is 6.18. The average molecular weight is 464 g/mol. The predicted molar refractivity (Wildman–Crippen MR) is 129 cm³/mol. The van der Waals surface area contributed by atoms with Crippen LogP contribution in [0.3, 0.4) is 0 Å². The van der Waals surface area contributed by atoms with Crippen molar-refractivity contribution in [3.8, 4) is 0 Å². The Hall–Kier alpha value is -1.79. The molecule has 0 aliphatic carbocycles. The number of hydrogen-bond donors (Lipinski definition) is 0. The molecular weight excluding hydrogens is 426 g/mol. The smallest absolute Gasteiger partial charge is 0.410 e. The van der Waals surface area contributed by atoms with Gasteiger partial charge in [-0.3, -0.25) is 4.79 Å². The van der Waals surface area contributed by atoms with E-state index in [1.807, 2.05) is 41.0 Å². The van der Waals surface area contributed by atoms with Gasteiger partial charge in [-0.05, 0) is 70.6 Å². The number of carbonyl (C=O) groups excluding carboxylic acids is 2. The van der Waals surface area contributed by atoms with E-state index in [4.69, 9.17) is 16.3 Å². The summed E-state index contributed by atoms with van der Waals surface area (Å²) < 4.78 is 5.33. The molecule has 2 saturated heterocycles. The van der Waals surface area contributed by atoms with E-state index in [2.05, 4.69) is 18.7 Å². The zero-order valence-electron chi connectivity index (χ0n) is 19.9. The first-order valence-corrected chi connectivity index (χ1v) is 12.5. The standard InChI is InChI=1S/C25H38ClN3O3/c1-5-21(17-24-11-10-18(3)28(24)25(31)32-6-2)27-14-12-22(13-15-27)29(19(4)30)23-9-7-8-20(26)16-23/h7-9,16,18,21-22,24H,5-6,10-15,17H2,1-4H3. The van der Waals surface area contributed by atoms with Crippen LogP contribution in [-0.4, -0.2) is 65.7 Å². The molecule has 3 unspecified atom stereocenters. The maximum Gasteiger partial charge on any atom is 0.410 e. The Kier molecular flexibility index (Phi) is 8.83. The van der Waals surface area contributed by atoms with Gasteiger partial charge in [0, 0.05) is 54.9 Å². The van der Waals surface area contributed by atoms with Crippen molar-refractivity contribution in [2.24, 2.45) is 0 Å². The lowest BCUT2D eigenvalue weighted by Gasteiger charge is -2.42. The van der Waals surface area contributed by atoms with E-state index in [0.29, 0.717) is 17.7 Å². The van der Waals surface area contributed by atoms with E-state index in [9.17, 15) is 9.59 Å². The van der Waals surface area contributed by atoms with Gasteiger partial charge >= 0.3 is 6.09 Å². The quantitative estimate of drug-likeness (QED) is 0.548. The lowest BCUT2D eigenvalue weighted by atomic mass is 9.96. The average Bonchev–Trinajstić information content (AvgIpc) is 3.13. The van der Waals surface area contributed by atoms with Gasteiger partial charge in [0.1, 0.15) is 0 Å². The molecule has 3 rings (SSSR count). The van der Waals surface area contributed by atoms with Crippen LogP contribution in [0.15, 0.2) is 24.3 Å². The van der Waals surface area contributed by atoms with Crippen LogP contribution in [0.1, 0.15) is 66.2 Å². The number of carbonyl (C=O) groups is 2. The minimum absolute atomic E-state index is 0.0581. The first-order valence-electron chi connectivity index (χ1n) is 12.1. The van der Waals surface area contributed by atoms with E-state index in [-0.39, 0.29) is 30.1 Å². The number of benzene rings is 1. The second-order valence-corrected chi connectivity index (χ2v) is 9.56. The highest BCUT2D eigenvalue weighted by Gasteiger charge is 2.38. The van der Waals surface area contributed by atoms with E-state index in [1.54, 1.807) is 6.92 Å². The Morgan fingerprint density at radius 1 is 1.19 bits per heavy atom. The molecular formula is C25H38ClN3O3. The number of rotatable bonds is 7. The second kappa shape index (κ2) is 11.4. The largest absolute Gasteiger partial charge is 0.450 e. The monoisotopic (exact) mass is 463 g/mol. The Morgan fingerprint density at radius 2 is 1.91 bits per heavy atom. The van der Waals surface area contributed by atoms with E-state index < -0.39 is 0 Å². The number of ether oxygens (including phenoxy) is 1. The molecule has 7 heteroatoms. The van der Waals surface area contributed by atoms with Gasteiger partial charge in [0.2, 0.25) is 5.91 Å². The zero-order chi connectivity index (χ0) is 23.3.